The van der Waals surface area contributed by atoms with Gasteiger partial charge in [-0.2, -0.15) is 0 Å². The van der Waals surface area contributed by atoms with Crippen molar-refractivity contribution < 1.29 is 4.74 Å². The second kappa shape index (κ2) is 7.36. The van der Waals surface area contributed by atoms with Crippen molar-refractivity contribution in [2.75, 3.05) is 11.9 Å². The van der Waals surface area contributed by atoms with Gasteiger partial charge in [-0.05, 0) is 23.1 Å². The number of ether oxygens (including phenoxy) is 1. The standard InChI is InChI=1S/C21H17N5OS/c1-2-5-18-14(4-1)10-15(27-18)11-24-21-25-12-16(17-13-22-7-8-23-17)20(26-21)19-6-3-9-28-19/h1-9,12-13,15H,10-11H2,(H,24,25,26). The molecule has 0 radical (unpaired) electrons. The third kappa shape index (κ3) is 3.32. The van der Waals surface area contributed by atoms with Gasteiger partial charge in [0.1, 0.15) is 11.9 Å². The normalized spacial score (nSPS) is 15.1. The van der Waals surface area contributed by atoms with Crippen LogP contribution in [-0.2, 0) is 6.42 Å². The van der Waals surface area contributed by atoms with Crippen molar-refractivity contribution in [3.63, 3.8) is 0 Å². The lowest BCUT2D eigenvalue weighted by molar-refractivity contribution is 0.246. The van der Waals surface area contributed by atoms with Crippen LogP contribution in [0, 0.1) is 0 Å². The minimum absolute atomic E-state index is 0.0749. The van der Waals surface area contributed by atoms with Crippen LogP contribution in [0.15, 0.2) is 66.6 Å². The summed E-state index contributed by atoms with van der Waals surface area (Å²) in [6.45, 7) is 0.642. The molecular formula is C21H17N5OS. The Bertz CT molecular complexity index is 1060. The highest BCUT2D eigenvalue weighted by molar-refractivity contribution is 7.13. The lowest BCUT2D eigenvalue weighted by Crippen LogP contribution is -2.24. The van der Waals surface area contributed by atoms with Crippen molar-refractivity contribution in [1.29, 1.82) is 0 Å². The molecule has 0 bridgehead atoms. The zero-order chi connectivity index (χ0) is 18.8. The number of thiophene rings is 1. The average molecular weight is 387 g/mol. The van der Waals surface area contributed by atoms with E-state index in [1.165, 1.54) is 5.56 Å². The second-order valence-electron chi connectivity index (χ2n) is 6.46. The fourth-order valence-electron chi connectivity index (χ4n) is 3.27. The molecule has 0 spiro atoms. The molecule has 5 rings (SSSR count). The monoisotopic (exact) mass is 387 g/mol. The van der Waals surface area contributed by atoms with E-state index in [1.807, 2.05) is 35.7 Å². The summed E-state index contributed by atoms with van der Waals surface area (Å²) in [5.74, 6) is 1.54. The van der Waals surface area contributed by atoms with E-state index in [0.29, 0.717) is 12.5 Å². The minimum atomic E-state index is 0.0749. The molecule has 0 saturated heterocycles. The number of fused-ring (bicyclic) bond motifs is 1. The number of para-hydroxylation sites is 1. The molecule has 1 aliphatic heterocycles. The predicted molar refractivity (Wildman–Crippen MR) is 109 cm³/mol. The first kappa shape index (κ1) is 16.8. The van der Waals surface area contributed by atoms with Gasteiger partial charge in [0.2, 0.25) is 5.95 Å². The largest absolute Gasteiger partial charge is 0.488 e. The summed E-state index contributed by atoms with van der Waals surface area (Å²) in [6.07, 6.45) is 7.83. The molecule has 1 unspecified atom stereocenters. The molecule has 1 aliphatic rings. The zero-order valence-corrected chi connectivity index (χ0v) is 15.8. The van der Waals surface area contributed by atoms with Crippen LogP contribution in [0.5, 0.6) is 5.75 Å². The van der Waals surface area contributed by atoms with Gasteiger partial charge >= 0.3 is 0 Å². The molecule has 0 amide bonds. The number of anilines is 1. The van der Waals surface area contributed by atoms with Gasteiger partial charge in [-0.15, -0.1) is 11.3 Å². The lowest BCUT2D eigenvalue weighted by atomic mass is 10.1. The van der Waals surface area contributed by atoms with E-state index in [0.717, 1.165) is 34.0 Å². The molecule has 0 saturated carbocycles. The van der Waals surface area contributed by atoms with Crippen LogP contribution in [0.3, 0.4) is 0 Å². The van der Waals surface area contributed by atoms with Gasteiger partial charge in [-0.25, -0.2) is 9.97 Å². The van der Waals surface area contributed by atoms with Crippen LogP contribution >= 0.6 is 11.3 Å². The molecule has 0 fully saturated rings. The summed E-state index contributed by atoms with van der Waals surface area (Å²) >= 11 is 1.64. The number of benzene rings is 1. The average Bonchev–Trinajstić information content (AvgIpc) is 3.42. The Morgan fingerprint density at radius 1 is 1.07 bits per heavy atom. The Labute approximate surface area is 166 Å². The molecular weight excluding hydrogens is 370 g/mol. The summed E-state index contributed by atoms with van der Waals surface area (Å²) in [7, 11) is 0. The van der Waals surface area contributed by atoms with Crippen molar-refractivity contribution >= 4 is 17.3 Å². The summed E-state index contributed by atoms with van der Waals surface area (Å²) < 4.78 is 5.99. The summed E-state index contributed by atoms with van der Waals surface area (Å²) in [5.41, 5.74) is 3.72. The summed E-state index contributed by atoms with van der Waals surface area (Å²) in [5, 5.41) is 5.36. The number of nitrogens with zero attached hydrogens (tertiary/aromatic N) is 4. The number of hydrogen-bond donors (Lipinski definition) is 1. The fraction of sp³-hybridized carbons (Fsp3) is 0.143. The topological polar surface area (TPSA) is 72.8 Å². The van der Waals surface area contributed by atoms with Crippen molar-refractivity contribution in [1.82, 2.24) is 19.9 Å². The number of rotatable bonds is 5. The van der Waals surface area contributed by atoms with Crippen LogP contribution in [0.4, 0.5) is 5.95 Å². The SMILES string of the molecule is c1csc(-c2nc(NCC3Cc4ccccc4O3)ncc2-c2cnccn2)c1. The molecule has 1 atom stereocenters. The molecule has 0 aliphatic carbocycles. The van der Waals surface area contributed by atoms with Crippen LogP contribution in [0.25, 0.3) is 21.8 Å². The molecule has 28 heavy (non-hydrogen) atoms. The highest BCUT2D eigenvalue weighted by Gasteiger charge is 2.22. The fourth-order valence-corrected chi connectivity index (χ4v) is 3.99. The molecule has 4 aromatic rings. The van der Waals surface area contributed by atoms with Gasteiger partial charge in [0, 0.05) is 30.6 Å². The van der Waals surface area contributed by atoms with E-state index >= 15 is 0 Å². The Morgan fingerprint density at radius 2 is 2.04 bits per heavy atom. The Kier molecular flexibility index (Phi) is 4.42. The van der Waals surface area contributed by atoms with Gasteiger partial charge in [-0.3, -0.25) is 9.97 Å². The third-order valence-electron chi connectivity index (χ3n) is 4.58. The highest BCUT2D eigenvalue weighted by atomic mass is 32.1. The van der Waals surface area contributed by atoms with E-state index in [4.69, 9.17) is 9.72 Å². The molecule has 4 heterocycles. The first-order valence-corrected chi connectivity index (χ1v) is 9.90. The van der Waals surface area contributed by atoms with Gasteiger partial charge < -0.3 is 10.1 Å². The molecule has 138 valence electrons. The molecule has 3 aromatic heterocycles. The van der Waals surface area contributed by atoms with Gasteiger partial charge in [-0.1, -0.05) is 24.3 Å². The van der Waals surface area contributed by atoms with Gasteiger partial charge in [0.05, 0.1) is 29.0 Å². The summed E-state index contributed by atoms with van der Waals surface area (Å²) in [4.78, 5) is 18.9. The van der Waals surface area contributed by atoms with E-state index in [1.54, 1.807) is 36.1 Å². The van der Waals surface area contributed by atoms with Crippen LogP contribution in [0.2, 0.25) is 0 Å². The first-order valence-electron chi connectivity index (χ1n) is 9.02. The third-order valence-corrected chi connectivity index (χ3v) is 5.46. The zero-order valence-electron chi connectivity index (χ0n) is 14.9. The Morgan fingerprint density at radius 3 is 2.86 bits per heavy atom. The van der Waals surface area contributed by atoms with Crippen LogP contribution in [0.1, 0.15) is 5.56 Å². The molecule has 1 aromatic carbocycles. The van der Waals surface area contributed by atoms with E-state index in [2.05, 4.69) is 26.3 Å². The summed E-state index contributed by atoms with van der Waals surface area (Å²) in [6, 6.07) is 12.2. The maximum absolute atomic E-state index is 5.99. The molecule has 1 N–H and O–H groups in total. The molecule has 7 heteroatoms. The van der Waals surface area contributed by atoms with Crippen molar-refractivity contribution in [2.45, 2.75) is 12.5 Å². The molecule has 6 nitrogen and oxygen atoms in total. The Hall–Kier alpha value is -3.32. The number of nitrogens with one attached hydrogen (secondary N) is 1. The Balaban J connectivity index is 1.38. The maximum atomic E-state index is 5.99. The number of hydrogen-bond acceptors (Lipinski definition) is 7. The lowest BCUT2D eigenvalue weighted by Gasteiger charge is -2.13. The number of aromatic nitrogens is 4. The quantitative estimate of drug-likeness (QED) is 0.556. The van der Waals surface area contributed by atoms with Crippen LogP contribution in [-0.4, -0.2) is 32.6 Å². The van der Waals surface area contributed by atoms with E-state index < -0.39 is 0 Å². The maximum Gasteiger partial charge on any atom is 0.223 e. The first-order chi connectivity index (χ1) is 13.9. The second-order valence-corrected chi connectivity index (χ2v) is 7.40. The van der Waals surface area contributed by atoms with Crippen molar-refractivity contribution in [3.8, 4) is 27.6 Å². The minimum Gasteiger partial charge on any atom is -0.488 e. The van der Waals surface area contributed by atoms with Crippen LogP contribution < -0.4 is 10.1 Å². The van der Waals surface area contributed by atoms with Crippen molar-refractivity contribution in [3.05, 3.63) is 72.1 Å². The highest BCUT2D eigenvalue weighted by Crippen LogP contribution is 2.32. The van der Waals surface area contributed by atoms with Crippen molar-refractivity contribution in [2.24, 2.45) is 0 Å². The van der Waals surface area contributed by atoms with E-state index in [-0.39, 0.29) is 6.10 Å². The van der Waals surface area contributed by atoms with Gasteiger partial charge in [0.25, 0.3) is 0 Å². The van der Waals surface area contributed by atoms with Gasteiger partial charge in [0.15, 0.2) is 0 Å². The smallest absolute Gasteiger partial charge is 0.223 e. The predicted octanol–water partition coefficient (Wildman–Crippen LogP) is 4.08. The van der Waals surface area contributed by atoms with E-state index in [9.17, 15) is 0 Å².